The van der Waals surface area contributed by atoms with Gasteiger partial charge in [0.25, 0.3) is 0 Å². The van der Waals surface area contributed by atoms with Gasteiger partial charge in [0, 0.05) is 13.1 Å². The third-order valence-corrected chi connectivity index (χ3v) is 1.65. The monoisotopic (exact) mass is 198 g/mol. The van der Waals surface area contributed by atoms with Crippen molar-refractivity contribution in [1.82, 2.24) is 14.9 Å². The van der Waals surface area contributed by atoms with Crippen LogP contribution in [0.15, 0.2) is 17.2 Å². The summed E-state index contributed by atoms with van der Waals surface area (Å²) in [5, 5.41) is 13.2. The van der Waals surface area contributed by atoms with Gasteiger partial charge in [-0.25, -0.2) is 4.79 Å². The van der Waals surface area contributed by atoms with E-state index in [0.29, 0.717) is 13.1 Å². The first-order valence-electron chi connectivity index (χ1n) is 4.00. The number of nitrogens with zero attached hydrogens (tertiary/aromatic N) is 3. The van der Waals surface area contributed by atoms with Crippen LogP contribution in [0.3, 0.4) is 0 Å². The Morgan fingerprint density at radius 1 is 1.71 bits per heavy atom. The van der Waals surface area contributed by atoms with Gasteiger partial charge in [-0.05, 0) is 7.05 Å². The molecule has 0 amide bonds. The van der Waals surface area contributed by atoms with E-state index in [9.17, 15) is 14.9 Å². The number of hydrogen-bond acceptors (Lipinski definition) is 5. The van der Waals surface area contributed by atoms with E-state index < -0.39 is 10.6 Å². The first-order valence-corrected chi connectivity index (χ1v) is 4.00. The molecule has 0 radical (unpaired) electrons. The predicted octanol–water partition coefficient (Wildman–Crippen LogP) is -0.629. The molecule has 0 bridgehead atoms. The van der Waals surface area contributed by atoms with Crippen LogP contribution in [0.2, 0.25) is 0 Å². The highest BCUT2D eigenvalue weighted by molar-refractivity contribution is 5.20. The Labute approximate surface area is 79.5 Å². The van der Waals surface area contributed by atoms with E-state index in [-0.39, 0.29) is 5.69 Å². The lowest BCUT2D eigenvalue weighted by atomic mass is 10.5. The molecule has 14 heavy (non-hydrogen) atoms. The fraction of sp³-hybridized carbons (Fsp3) is 0.429. The molecule has 0 saturated heterocycles. The lowest BCUT2D eigenvalue weighted by Crippen LogP contribution is -2.26. The van der Waals surface area contributed by atoms with Gasteiger partial charge in [0.05, 0.1) is 11.1 Å². The number of likely N-dealkylation sites (N-methyl/N-ethyl adjacent to an activating group) is 1. The maximum atomic E-state index is 11.1. The van der Waals surface area contributed by atoms with Crippen molar-refractivity contribution in [3.63, 3.8) is 0 Å². The second-order valence-corrected chi connectivity index (χ2v) is 2.65. The number of aromatic nitrogens is 2. The molecule has 0 atom stereocenters. The molecule has 1 aromatic heterocycles. The fourth-order valence-corrected chi connectivity index (χ4v) is 0.930. The third kappa shape index (κ3) is 2.36. The molecular weight excluding hydrogens is 188 g/mol. The molecule has 0 unspecified atom stereocenters. The quantitative estimate of drug-likeness (QED) is 0.514. The molecule has 0 aliphatic heterocycles. The van der Waals surface area contributed by atoms with E-state index in [1.165, 1.54) is 10.8 Å². The Kier molecular flexibility index (Phi) is 3.29. The van der Waals surface area contributed by atoms with Crippen LogP contribution in [0.25, 0.3) is 0 Å². The van der Waals surface area contributed by atoms with Gasteiger partial charge in [-0.15, -0.1) is 0 Å². The lowest BCUT2D eigenvalue weighted by molar-refractivity contribution is -0.385. The first-order chi connectivity index (χ1) is 6.65. The average Bonchev–Trinajstić information content (AvgIpc) is 2.16. The molecule has 0 aliphatic carbocycles. The Morgan fingerprint density at radius 2 is 2.43 bits per heavy atom. The molecule has 0 saturated carbocycles. The topological polar surface area (TPSA) is 90.1 Å². The van der Waals surface area contributed by atoms with Crippen LogP contribution in [-0.2, 0) is 6.54 Å². The Morgan fingerprint density at radius 3 is 3.00 bits per heavy atom. The van der Waals surface area contributed by atoms with Crippen molar-refractivity contribution in [3.8, 4) is 0 Å². The summed E-state index contributed by atoms with van der Waals surface area (Å²) in [6, 6.07) is 0. The summed E-state index contributed by atoms with van der Waals surface area (Å²) in [4.78, 5) is 24.3. The van der Waals surface area contributed by atoms with Gasteiger partial charge < -0.3 is 5.32 Å². The van der Waals surface area contributed by atoms with Crippen LogP contribution in [0.5, 0.6) is 0 Å². The van der Waals surface area contributed by atoms with Crippen LogP contribution in [-0.4, -0.2) is 28.1 Å². The largest absolute Gasteiger partial charge is 0.348 e. The number of hydrogen-bond donors (Lipinski definition) is 1. The zero-order chi connectivity index (χ0) is 10.6. The predicted molar refractivity (Wildman–Crippen MR) is 49.1 cm³/mol. The lowest BCUT2D eigenvalue weighted by Gasteiger charge is -2.02. The smallest absolute Gasteiger partial charge is 0.318 e. The van der Waals surface area contributed by atoms with Crippen molar-refractivity contribution < 1.29 is 4.92 Å². The van der Waals surface area contributed by atoms with Crippen LogP contribution in [0, 0.1) is 10.1 Å². The van der Waals surface area contributed by atoms with Crippen LogP contribution in [0.4, 0.5) is 5.69 Å². The summed E-state index contributed by atoms with van der Waals surface area (Å²) >= 11 is 0. The van der Waals surface area contributed by atoms with Crippen LogP contribution >= 0.6 is 0 Å². The number of rotatable bonds is 4. The van der Waals surface area contributed by atoms with E-state index in [1.807, 2.05) is 0 Å². The average molecular weight is 198 g/mol. The van der Waals surface area contributed by atoms with E-state index in [0.717, 1.165) is 6.20 Å². The van der Waals surface area contributed by atoms with Gasteiger partial charge in [-0.2, -0.15) is 4.98 Å². The number of nitro groups is 1. The molecule has 76 valence electrons. The van der Waals surface area contributed by atoms with E-state index in [4.69, 9.17) is 0 Å². The van der Waals surface area contributed by atoms with Crippen LogP contribution in [0.1, 0.15) is 0 Å². The minimum absolute atomic E-state index is 0.180. The summed E-state index contributed by atoms with van der Waals surface area (Å²) in [6.45, 7) is 0.923. The molecule has 0 aliphatic rings. The number of nitrogens with one attached hydrogen (secondary N) is 1. The molecular formula is C7H10N4O3. The molecule has 1 heterocycles. The first kappa shape index (κ1) is 10.3. The van der Waals surface area contributed by atoms with Gasteiger partial charge in [0.1, 0.15) is 6.20 Å². The zero-order valence-electron chi connectivity index (χ0n) is 7.64. The second kappa shape index (κ2) is 4.47. The summed E-state index contributed by atoms with van der Waals surface area (Å²) in [5.74, 6) is 0. The summed E-state index contributed by atoms with van der Waals surface area (Å²) in [6.07, 6.45) is 2.14. The van der Waals surface area contributed by atoms with E-state index >= 15 is 0 Å². The van der Waals surface area contributed by atoms with Crippen molar-refractivity contribution in [2.75, 3.05) is 13.6 Å². The minimum Gasteiger partial charge on any atom is -0.318 e. The highest BCUT2D eigenvalue weighted by Gasteiger charge is 2.07. The molecule has 1 rings (SSSR count). The van der Waals surface area contributed by atoms with Crippen LogP contribution < -0.4 is 11.0 Å². The Balaban J connectivity index is 2.96. The van der Waals surface area contributed by atoms with Gasteiger partial charge in [-0.3, -0.25) is 14.7 Å². The molecule has 1 N–H and O–H groups in total. The van der Waals surface area contributed by atoms with Gasteiger partial charge >= 0.3 is 11.4 Å². The Bertz CT molecular complexity index is 387. The maximum absolute atomic E-state index is 11.1. The highest BCUT2D eigenvalue weighted by Crippen LogP contribution is 2.03. The summed E-state index contributed by atoms with van der Waals surface area (Å²) in [7, 11) is 1.73. The van der Waals surface area contributed by atoms with E-state index in [1.54, 1.807) is 7.05 Å². The third-order valence-electron chi connectivity index (χ3n) is 1.65. The minimum atomic E-state index is -0.581. The van der Waals surface area contributed by atoms with Gasteiger partial charge in [0.15, 0.2) is 0 Å². The standard InChI is InChI=1S/C7H10N4O3/c1-8-2-3-10-5-6(11(13)14)4-9-7(10)12/h4-5,8H,2-3H2,1H3. The fourth-order valence-electron chi connectivity index (χ4n) is 0.930. The van der Waals surface area contributed by atoms with E-state index in [2.05, 4.69) is 10.3 Å². The molecule has 1 aromatic rings. The molecule has 7 nitrogen and oxygen atoms in total. The van der Waals surface area contributed by atoms with Crippen molar-refractivity contribution >= 4 is 5.69 Å². The Hall–Kier alpha value is -1.76. The van der Waals surface area contributed by atoms with Gasteiger partial charge in [-0.1, -0.05) is 0 Å². The van der Waals surface area contributed by atoms with Gasteiger partial charge in [0.2, 0.25) is 0 Å². The maximum Gasteiger partial charge on any atom is 0.348 e. The van der Waals surface area contributed by atoms with Crippen molar-refractivity contribution in [2.24, 2.45) is 0 Å². The molecule has 0 spiro atoms. The second-order valence-electron chi connectivity index (χ2n) is 2.65. The SMILES string of the molecule is CNCCn1cc([N+](=O)[O-])cnc1=O. The summed E-state index contributed by atoms with van der Waals surface area (Å²) < 4.78 is 1.20. The van der Waals surface area contributed by atoms with Crippen molar-refractivity contribution in [1.29, 1.82) is 0 Å². The zero-order valence-corrected chi connectivity index (χ0v) is 7.64. The summed E-state index contributed by atoms with van der Waals surface area (Å²) in [5.41, 5.74) is -0.661. The molecule has 0 aromatic carbocycles. The normalized spacial score (nSPS) is 10.1. The van der Waals surface area contributed by atoms with Crippen molar-refractivity contribution in [3.05, 3.63) is 33.0 Å². The highest BCUT2D eigenvalue weighted by atomic mass is 16.6. The molecule has 7 heteroatoms. The molecule has 0 fully saturated rings. The van der Waals surface area contributed by atoms with Crippen molar-refractivity contribution in [2.45, 2.75) is 6.54 Å².